The minimum atomic E-state index is -0.735. The maximum Gasteiger partial charge on any atom is 0.412 e. The van der Waals surface area contributed by atoms with E-state index < -0.39 is 11.0 Å². The van der Waals surface area contributed by atoms with Gasteiger partial charge in [-0.3, -0.25) is 15.4 Å². The van der Waals surface area contributed by atoms with Crippen LogP contribution in [-0.2, 0) is 11.3 Å². The maximum atomic E-state index is 11.7. The van der Waals surface area contributed by atoms with E-state index in [1.807, 2.05) is 30.3 Å². The Morgan fingerprint density at radius 1 is 1.19 bits per heavy atom. The second-order valence-corrected chi connectivity index (χ2v) is 4.46. The van der Waals surface area contributed by atoms with E-state index in [-0.39, 0.29) is 23.0 Å². The summed E-state index contributed by atoms with van der Waals surface area (Å²) >= 11 is 5.85. The van der Waals surface area contributed by atoms with Crippen LogP contribution in [0.5, 0.6) is 0 Å². The molecule has 0 heterocycles. The molecule has 7 heteroatoms. The topological polar surface area (TPSA) is 81.5 Å². The Kier molecular flexibility index (Phi) is 4.73. The van der Waals surface area contributed by atoms with Crippen LogP contribution in [0, 0.1) is 10.1 Å². The Balaban J connectivity index is 2.00. The lowest BCUT2D eigenvalue weighted by atomic mass is 10.2. The lowest BCUT2D eigenvalue weighted by Gasteiger charge is -2.08. The molecule has 0 spiro atoms. The first-order chi connectivity index (χ1) is 10.1. The van der Waals surface area contributed by atoms with Crippen LogP contribution in [-0.4, -0.2) is 11.0 Å². The zero-order chi connectivity index (χ0) is 15.2. The second-order valence-electron chi connectivity index (χ2n) is 4.08. The summed E-state index contributed by atoms with van der Waals surface area (Å²) < 4.78 is 5.01. The van der Waals surface area contributed by atoms with E-state index in [1.165, 1.54) is 18.2 Å². The largest absolute Gasteiger partial charge is 0.444 e. The summed E-state index contributed by atoms with van der Waals surface area (Å²) in [6, 6.07) is 13.3. The molecule has 2 aromatic rings. The van der Waals surface area contributed by atoms with E-state index in [9.17, 15) is 14.9 Å². The van der Waals surface area contributed by atoms with Crippen molar-refractivity contribution in [1.29, 1.82) is 0 Å². The SMILES string of the molecule is O=C(Nc1cccc([N+](=O)[O-])c1Cl)OCc1ccccc1. The van der Waals surface area contributed by atoms with Crippen molar-refractivity contribution >= 4 is 29.1 Å². The van der Waals surface area contributed by atoms with Gasteiger partial charge in [0.05, 0.1) is 10.6 Å². The number of ether oxygens (including phenoxy) is 1. The van der Waals surface area contributed by atoms with Crippen LogP contribution in [0.4, 0.5) is 16.2 Å². The molecule has 0 unspecified atom stereocenters. The average Bonchev–Trinajstić information content (AvgIpc) is 2.48. The predicted molar refractivity (Wildman–Crippen MR) is 78.4 cm³/mol. The molecule has 0 saturated carbocycles. The molecule has 0 bridgehead atoms. The Labute approximate surface area is 125 Å². The van der Waals surface area contributed by atoms with Gasteiger partial charge in [0.1, 0.15) is 11.6 Å². The molecule has 2 rings (SSSR count). The predicted octanol–water partition coefficient (Wildman–Crippen LogP) is 4.00. The van der Waals surface area contributed by atoms with Crippen LogP contribution in [0.3, 0.4) is 0 Å². The molecule has 0 aliphatic carbocycles. The van der Waals surface area contributed by atoms with E-state index in [4.69, 9.17) is 16.3 Å². The molecule has 0 aromatic heterocycles. The molecule has 0 atom stereocenters. The molecule has 0 fully saturated rings. The third kappa shape index (κ3) is 3.93. The number of nitro groups is 1. The number of benzene rings is 2. The van der Waals surface area contributed by atoms with Gasteiger partial charge in [-0.25, -0.2) is 4.79 Å². The minimum absolute atomic E-state index is 0.0964. The van der Waals surface area contributed by atoms with Crippen molar-refractivity contribution in [3.05, 3.63) is 69.2 Å². The lowest BCUT2D eigenvalue weighted by Crippen LogP contribution is -2.14. The molecular formula is C14H11ClN2O4. The molecule has 0 aliphatic heterocycles. The Morgan fingerprint density at radius 2 is 1.90 bits per heavy atom. The fourth-order valence-electron chi connectivity index (χ4n) is 1.63. The van der Waals surface area contributed by atoms with Crippen LogP contribution in [0.1, 0.15) is 5.56 Å². The van der Waals surface area contributed by atoms with E-state index >= 15 is 0 Å². The highest BCUT2D eigenvalue weighted by Gasteiger charge is 2.17. The van der Waals surface area contributed by atoms with Crippen LogP contribution >= 0.6 is 11.6 Å². The van der Waals surface area contributed by atoms with Crippen LogP contribution < -0.4 is 5.32 Å². The molecule has 0 radical (unpaired) electrons. The van der Waals surface area contributed by atoms with Crippen molar-refractivity contribution in [3.63, 3.8) is 0 Å². The van der Waals surface area contributed by atoms with Gasteiger partial charge < -0.3 is 4.74 Å². The van der Waals surface area contributed by atoms with Gasteiger partial charge in [-0.1, -0.05) is 48.0 Å². The van der Waals surface area contributed by atoms with E-state index in [1.54, 1.807) is 0 Å². The number of carbonyl (C=O) groups excluding carboxylic acids is 1. The Morgan fingerprint density at radius 3 is 2.57 bits per heavy atom. The van der Waals surface area contributed by atoms with Crippen molar-refractivity contribution in [3.8, 4) is 0 Å². The highest BCUT2D eigenvalue weighted by Crippen LogP contribution is 2.31. The fraction of sp³-hybridized carbons (Fsp3) is 0.0714. The minimum Gasteiger partial charge on any atom is -0.444 e. The molecule has 1 amide bonds. The lowest BCUT2D eigenvalue weighted by molar-refractivity contribution is -0.384. The standard InChI is InChI=1S/C14H11ClN2O4/c15-13-11(7-4-8-12(13)17(19)20)16-14(18)21-9-10-5-2-1-3-6-10/h1-8H,9H2,(H,16,18). The molecular weight excluding hydrogens is 296 g/mol. The number of halogens is 1. The quantitative estimate of drug-likeness (QED) is 0.684. The van der Waals surface area contributed by atoms with Gasteiger partial charge in [0, 0.05) is 6.07 Å². The van der Waals surface area contributed by atoms with Crippen molar-refractivity contribution in [2.45, 2.75) is 6.61 Å². The van der Waals surface area contributed by atoms with Crippen molar-refractivity contribution in [2.24, 2.45) is 0 Å². The van der Waals surface area contributed by atoms with E-state index in [2.05, 4.69) is 5.32 Å². The highest BCUT2D eigenvalue weighted by atomic mass is 35.5. The smallest absolute Gasteiger partial charge is 0.412 e. The van der Waals surface area contributed by atoms with Crippen molar-refractivity contribution in [1.82, 2.24) is 0 Å². The van der Waals surface area contributed by atoms with Crippen LogP contribution in [0.2, 0.25) is 5.02 Å². The summed E-state index contributed by atoms with van der Waals surface area (Å²) in [7, 11) is 0. The fourth-order valence-corrected chi connectivity index (χ4v) is 1.87. The van der Waals surface area contributed by atoms with Gasteiger partial charge in [0.25, 0.3) is 5.69 Å². The highest BCUT2D eigenvalue weighted by molar-refractivity contribution is 6.35. The first-order valence-electron chi connectivity index (χ1n) is 5.98. The maximum absolute atomic E-state index is 11.7. The first-order valence-corrected chi connectivity index (χ1v) is 6.36. The molecule has 0 saturated heterocycles. The van der Waals surface area contributed by atoms with Gasteiger partial charge >= 0.3 is 6.09 Å². The van der Waals surface area contributed by atoms with Crippen LogP contribution in [0.15, 0.2) is 48.5 Å². The number of nitro benzene ring substituents is 1. The molecule has 21 heavy (non-hydrogen) atoms. The van der Waals surface area contributed by atoms with Gasteiger partial charge in [-0.2, -0.15) is 0 Å². The molecule has 108 valence electrons. The summed E-state index contributed by atoms with van der Waals surface area (Å²) in [5, 5.41) is 13.0. The van der Waals surface area contributed by atoms with E-state index in [0.717, 1.165) is 5.56 Å². The zero-order valence-corrected chi connectivity index (χ0v) is 11.5. The normalized spacial score (nSPS) is 9.95. The van der Waals surface area contributed by atoms with Crippen LogP contribution in [0.25, 0.3) is 0 Å². The summed E-state index contributed by atoms with van der Waals surface area (Å²) in [4.78, 5) is 21.8. The average molecular weight is 307 g/mol. The summed E-state index contributed by atoms with van der Waals surface area (Å²) in [5.41, 5.74) is 0.680. The second kappa shape index (κ2) is 6.71. The summed E-state index contributed by atoms with van der Waals surface area (Å²) in [6.45, 7) is 0.0964. The number of hydrogen-bond donors (Lipinski definition) is 1. The first kappa shape index (κ1) is 14.8. The zero-order valence-electron chi connectivity index (χ0n) is 10.8. The number of nitrogens with one attached hydrogen (secondary N) is 1. The van der Waals surface area contributed by atoms with Gasteiger partial charge in [0.2, 0.25) is 0 Å². The third-order valence-corrected chi connectivity index (χ3v) is 3.02. The summed E-state index contributed by atoms with van der Waals surface area (Å²) in [5.74, 6) is 0. The Bertz CT molecular complexity index is 661. The molecule has 1 N–H and O–H groups in total. The Hall–Kier alpha value is -2.60. The molecule has 6 nitrogen and oxygen atoms in total. The monoisotopic (exact) mass is 306 g/mol. The third-order valence-electron chi connectivity index (χ3n) is 2.62. The number of anilines is 1. The van der Waals surface area contributed by atoms with E-state index in [0.29, 0.717) is 0 Å². The number of carbonyl (C=O) groups is 1. The van der Waals surface area contributed by atoms with Crippen molar-refractivity contribution in [2.75, 3.05) is 5.32 Å². The summed E-state index contributed by atoms with van der Waals surface area (Å²) in [6.07, 6.45) is -0.735. The van der Waals surface area contributed by atoms with Gasteiger partial charge in [-0.15, -0.1) is 0 Å². The van der Waals surface area contributed by atoms with Gasteiger partial charge in [-0.05, 0) is 11.6 Å². The number of rotatable bonds is 4. The van der Waals surface area contributed by atoms with Crippen molar-refractivity contribution < 1.29 is 14.5 Å². The number of amides is 1. The number of nitrogens with zero attached hydrogens (tertiary/aromatic N) is 1. The molecule has 2 aromatic carbocycles. The molecule has 0 aliphatic rings. The van der Waals surface area contributed by atoms with Gasteiger partial charge in [0.15, 0.2) is 0 Å². The number of hydrogen-bond acceptors (Lipinski definition) is 4.